The first-order valence-corrected chi connectivity index (χ1v) is 7.77. The summed E-state index contributed by atoms with van der Waals surface area (Å²) in [5.41, 5.74) is 0. The van der Waals surface area contributed by atoms with Gasteiger partial charge in [0.15, 0.2) is 0 Å². The Morgan fingerprint density at radius 1 is 0.833 bits per heavy atom. The molecule has 1 aromatic rings. The van der Waals surface area contributed by atoms with Crippen LogP contribution in [-0.4, -0.2) is 14.8 Å². The first kappa shape index (κ1) is 12.2. The molecule has 2 aliphatic rings. The fourth-order valence-electron chi connectivity index (χ4n) is 3.82. The molecule has 1 heterocycles. The molecule has 0 unspecified atom stereocenters. The molecule has 2 aliphatic carbocycles. The molecule has 0 spiro atoms. The maximum absolute atomic E-state index is 4.53. The highest BCUT2D eigenvalue weighted by molar-refractivity contribution is 5.05. The van der Waals surface area contributed by atoms with Gasteiger partial charge in [-0.15, -0.1) is 10.2 Å². The molecule has 0 radical (unpaired) electrons. The molecule has 100 valence electrons. The number of hydrogen-bond acceptors (Lipinski definition) is 2. The topological polar surface area (TPSA) is 30.7 Å². The Hall–Kier alpha value is -0.860. The van der Waals surface area contributed by atoms with Gasteiger partial charge >= 0.3 is 0 Å². The first-order chi connectivity index (χ1) is 8.86. The molecule has 3 rings (SSSR count). The average molecular weight is 247 g/mol. The highest BCUT2D eigenvalue weighted by Crippen LogP contribution is 2.36. The normalized spacial score (nSPS) is 23.4. The third-order valence-electron chi connectivity index (χ3n) is 4.80. The fourth-order valence-corrected chi connectivity index (χ4v) is 3.82. The van der Waals surface area contributed by atoms with E-state index < -0.39 is 0 Å². The zero-order chi connectivity index (χ0) is 12.4. The van der Waals surface area contributed by atoms with Crippen LogP contribution >= 0.6 is 0 Å². The van der Waals surface area contributed by atoms with Crippen LogP contribution in [0.3, 0.4) is 0 Å². The summed E-state index contributed by atoms with van der Waals surface area (Å²) in [5, 5.41) is 8.91. The van der Waals surface area contributed by atoms with Crippen LogP contribution in [0.5, 0.6) is 0 Å². The molecule has 2 fully saturated rings. The van der Waals surface area contributed by atoms with Crippen molar-refractivity contribution in [1.29, 1.82) is 0 Å². The number of aromatic nitrogens is 3. The Morgan fingerprint density at radius 2 is 1.44 bits per heavy atom. The zero-order valence-electron chi connectivity index (χ0n) is 11.6. The van der Waals surface area contributed by atoms with Gasteiger partial charge in [-0.3, -0.25) is 0 Å². The van der Waals surface area contributed by atoms with Crippen LogP contribution in [0, 0.1) is 6.92 Å². The van der Waals surface area contributed by atoms with E-state index >= 15 is 0 Å². The minimum Gasteiger partial charge on any atom is -0.312 e. The second-order valence-corrected chi connectivity index (χ2v) is 6.10. The Morgan fingerprint density at radius 3 is 2.11 bits per heavy atom. The second-order valence-electron chi connectivity index (χ2n) is 6.10. The Bertz CT molecular complexity index is 384. The summed E-state index contributed by atoms with van der Waals surface area (Å²) in [4.78, 5) is 0. The van der Waals surface area contributed by atoms with E-state index in [1.807, 2.05) is 0 Å². The maximum atomic E-state index is 4.53. The molecule has 0 amide bonds. The zero-order valence-corrected chi connectivity index (χ0v) is 11.6. The standard InChI is InChI=1S/C15H25N3/c1-12-16-17-15(13-8-4-2-5-9-13)18(12)14-10-6-3-7-11-14/h13-14H,2-11H2,1H3. The summed E-state index contributed by atoms with van der Waals surface area (Å²) in [7, 11) is 0. The van der Waals surface area contributed by atoms with Gasteiger partial charge in [-0.05, 0) is 32.6 Å². The van der Waals surface area contributed by atoms with Crippen LogP contribution in [0.25, 0.3) is 0 Å². The van der Waals surface area contributed by atoms with E-state index in [1.165, 1.54) is 70.0 Å². The maximum Gasteiger partial charge on any atom is 0.136 e. The Kier molecular flexibility index (Phi) is 3.67. The van der Waals surface area contributed by atoms with E-state index in [2.05, 4.69) is 21.7 Å². The van der Waals surface area contributed by atoms with Gasteiger partial charge < -0.3 is 4.57 Å². The minimum atomic E-state index is 0.682. The lowest BCUT2D eigenvalue weighted by Gasteiger charge is -2.28. The van der Waals surface area contributed by atoms with Crippen LogP contribution in [0.1, 0.15) is 87.8 Å². The van der Waals surface area contributed by atoms with Crippen molar-refractivity contribution in [2.24, 2.45) is 0 Å². The summed E-state index contributed by atoms with van der Waals surface area (Å²) in [6.45, 7) is 2.13. The molecule has 3 heteroatoms. The summed E-state index contributed by atoms with van der Waals surface area (Å²) < 4.78 is 2.50. The summed E-state index contributed by atoms with van der Waals surface area (Å²) in [6, 6.07) is 0.686. The molecular weight excluding hydrogens is 222 g/mol. The highest BCUT2D eigenvalue weighted by Gasteiger charge is 2.26. The molecule has 0 aliphatic heterocycles. The molecule has 3 nitrogen and oxygen atoms in total. The smallest absolute Gasteiger partial charge is 0.136 e. The van der Waals surface area contributed by atoms with Crippen molar-refractivity contribution in [3.05, 3.63) is 11.6 Å². The van der Waals surface area contributed by atoms with Crippen LogP contribution in [0.4, 0.5) is 0 Å². The largest absolute Gasteiger partial charge is 0.312 e. The minimum absolute atomic E-state index is 0.682. The van der Waals surface area contributed by atoms with Crippen molar-refractivity contribution in [3.8, 4) is 0 Å². The van der Waals surface area contributed by atoms with Gasteiger partial charge in [-0.1, -0.05) is 38.5 Å². The van der Waals surface area contributed by atoms with Gasteiger partial charge in [0.1, 0.15) is 11.6 Å². The molecule has 18 heavy (non-hydrogen) atoms. The lowest BCUT2D eigenvalue weighted by molar-refractivity contribution is 0.323. The van der Waals surface area contributed by atoms with Gasteiger partial charge in [0.2, 0.25) is 0 Å². The van der Waals surface area contributed by atoms with Crippen LogP contribution < -0.4 is 0 Å². The third-order valence-corrected chi connectivity index (χ3v) is 4.80. The van der Waals surface area contributed by atoms with Crippen molar-refractivity contribution >= 4 is 0 Å². The fraction of sp³-hybridized carbons (Fsp3) is 0.867. The van der Waals surface area contributed by atoms with E-state index in [0.29, 0.717) is 12.0 Å². The second kappa shape index (κ2) is 5.41. The van der Waals surface area contributed by atoms with Crippen LogP contribution in [0.15, 0.2) is 0 Å². The van der Waals surface area contributed by atoms with E-state index in [0.717, 1.165) is 5.82 Å². The van der Waals surface area contributed by atoms with Crippen molar-refractivity contribution in [2.45, 2.75) is 83.1 Å². The Balaban J connectivity index is 1.85. The third kappa shape index (κ3) is 2.32. The number of rotatable bonds is 2. The Labute approximate surface area is 110 Å². The predicted molar refractivity (Wildman–Crippen MR) is 72.7 cm³/mol. The number of aryl methyl sites for hydroxylation is 1. The van der Waals surface area contributed by atoms with Crippen LogP contribution in [-0.2, 0) is 0 Å². The van der Waals surface area contributed by atoms with E-state index in [9.17, 15) is 0 Å². The quantitative estimate of drug-likeness (QED) is 0.786. The summed E-state index contributed by atoms with van der Waals surface area (Å²) in [6.07, 6.45) is 13.7. The lowest BCUT2D eigenvalue weighted by atomic mass is 9.88. The van der Waals surface area contributed by atoms with Gasteiger partial charge in [-0.25, -0.2) is 0 Å². The number of hydrogen-bond donors (Lipinski definition) is 0. The van der Waals surface area contributed by atoms with E-state index in [1.54, 1.807) is 0 Å². The highest BCUT2D eigenvalue weighted by atomic mass is 15.3. The molecule has 1 aromatic heterocycles. The van der Waals surface area contributed by atoms with Gasteiger partial charge in [0.25, 0.3) is 0 Å². The number of nitrogens with zero attached hydrogens (tertiary/aromatic N) is 3. The molecule has 0 aromatic carbocycles. The van der Waals surface area contributed by atoms with E-state index in [-0.39, 0.29) is 0 Å². The van der Waals surface area contributed by atoms with Crippen molar-refractivity contribution in [1.82, 2.24) is 14.8 Å². The lowest BCUT2D eigenvalue weighted by Crippen LogP contribution is -2.19. The van der Waals surface area contributed by atoms with Crippen molar-refractivity contribution in [2.75, 3.05) is 0 Å². The molecular formula is C15H25N3. The summed E-state index contributed by atoms with van der Waals surface area (Å²) in [5.74, 6) is 3.13. The van der Waals surface area contributed by atoms with Gasteiger partial charge in [-0.2, -0.15) is 0 Å². The van der Waals surface area contributed by atoms with E-state index in [4.69, 9.17) is 0 Å². The van der Waals surface area contributed by atoms with Crippen LogP contribution in [0.2, 0.25) is 0 Å². The van der Waals surface area contributed by atoms with Crippen molar-refractivity contribution in [3.63, 3.8) is 0 Å². The van der Waals surface area contributed by atoms with Gasteiger partial charge in [0, 0.05) is 12.0 Å². The predicted octanol–water partition coefficient (Wildman–Crippen LogP) is 4.14. The molecule has 0 saturated heterocycles. The average Bonchev–Trinajstić information content (AvgIpc) is 2.83. The summed E-state index contributed by atoms with van der Waals surface area (Å²) >= 11 is 0. The molecule has 0 N–H and O–H groups in total. The SMILES string of the molecule is Cc1nnc(C2CCCCC2)n1C1CCCCC1. The monoisotopic (exact) mass is 247 g/mol. The van der Waals surface area contributed by atoms with Gasteiger partial charge in [0.05, 0.1) is 0 Å². The van der Waals surface area contributed by atoms with Crippen molar-refractivity contribution < 1.29 is 0 Å². The first-order valence-electron chi connectivity index (χ1n) is 7.77. The molecule has 2 saturated carbocycles. The molecule has 0 bridgehead atoms. The molecule has 0 atom stereocenters.